The van der Waals surface area contributed by atoms with Gasteiger partial charge in [-0.05, 0) is 43.2 Å². The van der Waals surface area contributed by atoms with Crippen molar-refractivity contribution >= 4 is 11.8 Å². The lowest BCUT2D eigenvalue weighted by Gasteiger charge is -2.30. The van der Waals surface area contributed by atoms with Gasteiger partial charge in [0.05, 0.1) is 12.0 Å². The van der Waals surface area contributed by atoms with Crippen LogP contribution in [-0.4, -0.2) is 5.25 Å². The third-order valence-electron chi connectivity index (χ3n) is 3.93. The van der Waals surface area contributed by atoms with Crippen LogP contribution in [0.5, 0.6) is 0 Å². The van der Waals surface area contributed by atoms with Gasteiger partial charge in [-0.2, -0.15) is 17.0 Å². The first kappa shape index (κ1) is 13.5. The molecule has 0 aliphatic heterocycles. The number of nitriles is 1. The molecule has 3 unspecified atom stereocenters. The van der Waals surface area contributed by atoms with Gasteiger partial charge in [-0.15, -0.1) is 0 Å². The van der Waals surface area contributed by atoms with Crippen molar-refractivity contribution in [3.63, 3.8) is 0 Å². The molecular weight excluding hydrogens is 238 g/mol. The Kier molecular flexibility index (Phi) is 4.72. The second-order valence-electron chi connectivity index (χ2n) is 5.43. The molecule has 2 heteroatoms. The Hall–Kier alpha value is -0.940. The molecule has 1 fully saturated rings. The minimum atomic E-state index is 0.259. The van der Waals surface area contributed by atoms with Gasteiger partial charge in [0.25, 0.3) is 0 Å². The Balaban J connectivity index is 1.96. The molecule has 0 heterocycles. The van der Waals surface area contributed by atoms with E-state index in [4.69, 9.17) is 0 Å². The van der Waals surface area contributed by atoms with Crippen LogP contribution in [-0.2, 0) is 5.75 Å². The smallest absolute Gasteiger partial charge is 0.0667 e. The zero-order valence-corrected chi connectivity index (χ0v) is 12.0. The zero-order valence-electron chi connectivity index (χ0n) is 11.2. The molecule has 0 spiro atoms. The van der Waals surface area contributed by atoms with Gasteiger partial charge in [0, 0.05) is 11.0 Å². The van der Waals surface area contributed by atoms with Crippen LogP contribution in [0.4, 0.5) is 0 Å². The molecule has 2 rings (SSSR count). The van der Waals surface area contributed by atoms with Crippen molar-refractivity contribution in [1.82, 2.24) is 0 Å². The number of benzene rings is 1. The van der Waals surface area contributed by atoms with E-state index in [2.05, 4.69) is 44.2 Å². The molecule has 0 saturated heterocycles. The fourth-order valence-corrected chi connectivity index (χ4v) is 4.24. The van der Waals surface area contributed by atoms with E-state index in [0.29, 0.717) is 5.25 Å². The monoisotopic (exact) mass is 259 g/mol. The second kappa shape index (κ2) is 6.29. The summed E-state index contributed by atoms with van der Waals surface area (Å²) < 4.78 is 0. The molecule has 1 nitrogen and oxygen atoms in total. The standard InChI is InChI=1S/C16H21NS/c1-12-7-8-14(10-17)16(9-12)18-11-15-6-4-3-5-13(15)2/h3-6,12,14,16H,7-9,11H2,1-2H3. The molecular formula is C16H21NS. The first-order chi connectivity index (χ1) is 8.70. The topological polar surface area (TPSA) is 23.8 Å². The van der Waals surface area contributed by atoms with Crippen LogP contribution < -0.4 is 0 Å². The normalized spacial score (nSPS) is 27.7. The number of rotatable bonds is 3. The van der Waals surface area contributed by atoms with E-state index in [1.165, 1.54) is 24.0 Å². The van der Waals surface area contributed by atoms with E-state index in [1.54, 1.807) is 0 Å². The minimum Gasteiger partial charge on any atom is -0.198 e. The van der Waals surface area contributed by atoms with Gasteiger partial charge in [0.2, 0.25) is 0 Å². The minimum absolute atomic E-state index is 0.259. The Bertz CT molecular complexity index is 435. The van der Waals surface area contributed by atoms with Gasteiger partial charge < -0.3 is 0 Å². The fraction of sp³-hybridized carbons (Fsp3) is 0.562. The van der Waals surface area contributed by atoms with Gasteiger partial charge in [0.1, 0.15) is 0 Å². The van der Waals surface area contributed by atoms with Gasteiger partial charge in [-0.3, -0.25) is 0 Å². The molecule has 1 aromatic carbocycles. The first-order valence-electron chi connectivity index (χ1n) is 6.76. The van der Waals surface area contributed by atoms with E-state index in [-0.39, 0.29) is 5.92 Å². The summed E-state index contributed by atoms with van der Waals surface area (Å²) in [4.78, 5) is 0. The Morgan fingerprint density at radius 2 is 2.11 bits per heavy atom. The molecule has 0 radical (unpaired) electrons. The highest BCUT2D eigenvalue weighted by Crippen LogP contribution is 2.37. The van der Waals surface area contributed by atoms with Crippen LogP contribution in [0.3, 0.4) is 0 Å². The van der Waals surface area contributed by atoms with Gasteiger partial charge in [-0.1, -0.05) is 31.2 Å². The fourth-order valence-electron chi connectivity index (χ4n) is 2.63. The quantitative estimate of drug-likeness (QED) is 0.794. The molecule has 0 aromatic heterocycles. The maximum atomic E-state index is 9.24. The number of hydrogen-bond donors (Lipinski definition) is 0. The highest BCUT2D eigenvalue weighted by Gasteiger charge is 2.28. The highest BCUT2D eigenvalue weighted by molar-refractivity contribution is 7.99. The van der Waals surface area contributed by atoms with E-state index < -0.39 is 0 Å². The van der Waals surface area contributed by atoms with Crippen LogP contribution >= 0.6 is 11.8 Å². The molecule has 3 atom stereocenters. The summed E-state index contributed by atoms with van der Waals surface area (Å²) in [6.45, 7) is 4.48. The Labute approximate surface area is 115 Å². The van der Waals surface area contributed by atoms with Crippen LogP contribution in [0.15, 0.2) is 24.3 Å². The third kappa shape index (κ3) is 3.29. The van der Waals surface area contributed by atoms with Crippen molar-refractivity contribution < 1.29 is 0 Å². The third-order valence-corrected chi connectivity index (χ3v) is 5.36. The predicted octanol–water partition coefficient (Wildman–Crippen LogP) is 4.56. The van der Waals surface area contributed by atoms with E-state index in [0.717, 1.165) is 18.1 Å². The van der Waals surface area contributed by atoms with Crippen LogP contribution in [0.2, 0.25) is 0 Å². The van der Waals surface area contributed by atoms with Crippen LogP contribution in [0.25, 0.3) is 0 Å². The van der Waals surface area contributed by atoms with Crippen molar-refractivity contribution in [3.05, 3.63) is 35.4 Å². The summed E-state index contributed by atoms with van der Waals surface area (Å²) in [5.74, 6) is 2.08. The SMILES string of the molecule is Cc1ccccc1CSC1CC(C)CCC1C#N. The van der Waals surface area contributed by atoms with Crippen molar-refractivity contribution in [2.24, 2.45) is 11.8 Å². The number of nitrogens with zero attached hydrogens (tertiary/aromatic N) is 1. The molecule has 1 aromatic rings. The van der Waals surface area contributed by atoms with Crippen LogP contribution in [0.1, 0.15) is 37.3 Å². The van der Waals surface area contributed by atoms with Gasteiger partial charge in [-0.25, -0.2) is 0 Å². The van der Waals surface area contributed by atoms with Gasteiger partial charge in [0.15, 0.2) is 0 Å². The summed E-state index contributed by atoms with van der Waals surface area (Å²) in [6.07, 6.45) is 3.51. The summed E-state index contributed by atoms with van der Waals surface area (Å²) in [6, 6.07) is 11.1. The number of aryl methyl sites for hydroxylation is 1. The lowest BCUT2D eigenvalue weighted by Crippen LogP contribution is -2.25. The van der Waals surface area contributed by atoms with Crippen molar-refractivity contribution in [2.75, 3.05) is 0 Å². The lowest BCUT2D eigenvalue weighted by molar-refractivity contribution is 0.345. The average Bonchev–Trinajstić information content (AvgIpc) is 2.38. The molecule has 0 N–H and O–H groups in total. The largest absolute Gasteiger partial charge is 0.198 e. The molecule has 1 saturated carbocycles. The predicted molar refractivity (Wildman–Crippen MR) is 78.4 cm³/mol. The zero-order chi connectivity index (χ0) is 13.0. The summed E-state index contributed by atoms with van der Waals surface area (Å²) in [5.41, 5.74) is 2.78. The van der Waals surface area contributed by atoms with E-state index in [1.807, 2.05) is 11.8 Å². The first-order valence-corrected chi connectivity index (χ1v) is 7.81. The summed E-state index contributed by atoms with van der Waals surface area (Å²) >= 11 is 1.98. The molecule has 0 bridgehead atoms. The second-order valence-corrected chi connectivity index (χ2v) is 6.66. The molecule has 96 valence electrons. The van der Waals surface area contributed by atoms with Gasteiger partial charge >= 0.3 is 0 Å². The van der Waals surface area contributed by atoms with E-state index >= 15 is 0 Å². The maximum Gasteiger partial charge on any atom is 0.0667 e. The van der Waals surface area contributed by atoms with Crippen LogP contribution in [0, 0.1) is 30.1 Å². The number of thioether (sulfide) groups is 1. The molecule has 18 heavy (non-hydrogen) atoms. The lowest BCUT2D eigenvalue weighted by atomic mass is 9.83. The maximum absolute atomic E-state index is 9.24. The summed E-state index contributed by atoms with van der Waals surface area (Å²) in [7, 11) is 0. The highest BCUT2D eigenvalue weighted by atomic mass is 32.2. The molecule has 0 amide bonds. The van der Waals surface area contributed by atoms with Crippen molar-refractivity contribution in [2.45, 2.75) is 44.1 Å². The Morgan fingerprint density at radius 3 is 2.83 bits per heavy atom. The number of hydrogen-bond acceptors (Lipinski definition) is 2. The average molecular weight is 259 g/mol. The molecule has 1 aliphatic carbocycles. The van der Waals surface area contributed by atoms with E-state index in [9.17, 15) is 5.26 Å². The Morgan fingerprint density at radius 1 is 1.33 bits per heavy atom. The van der Waals surface area contributed by atoms with Crippen molar-refractivity contribution in [3.8, 4) is 6.07 Å². The molecule has 1 aliphatic rings. The summed E-state index contributed by atoms with van der Waals surface area (Å²) in [5, 5.41) is 9.76. The van der Waals surface area contributed by atoms with Crippen molar-refractivity contribution in [1.29, 1.82) is 5.26 Å².